The fourth-order valence-electron chi connectivity index (χ4n) is 2.47. The first kappa shape index (κ1) is 19.5. The lowest BCUT2D eigenvalue weighted by molar-refractivity contribution is 0.102. The van der Waals surface area contributed by atoms with Gasteiger partial charge in [0.2, 0.25) is 0 Å². The molecule has 1 aromatic carbocycles. The van der Waals surface area contributed by atoms with Gasteiger partial charge in [0.15, 0.2) is 5.13 Å². The van der Waals surface area contributed by atoms with E-state index in [0.29, 0.717) is 10.8 Å². The molecule has 0 spiro atoms. The molecule has 3 aromatic rings. The van der Waals surface area contributed by atoms with Crippen LogP contribution in [0.4, 0.5) is 10.8 Å². The molecule has 0 saturated heterocycles. The summed E-state index contributed by atoms with van der Waals surface area (Å²) < 4.78 is 28.0. The zero-order valence-electron chi connectivity index (χ0n) is 15.1. The van der Waals surface area contributed by atoms with Gasteiger partial charge < -0.3 is 0 Å². The fourth-order valence-corrected chi connectivity index (χ4v) is 5.75. The predicted octanol–water partition coefficient (Wildman–Crippen LogP) is 4.44. The molecule has 0 fully saturated rings. The SMILES string of the molecule is CCc1nc(NC(=O)c2sccc2S(=O)(=O)Nc2ccc(C)cc2)sc1C. The maximum Gasteiger partial charge on any atom is 0.268 e. The van der Waals surface area contributed by atoms with E-state index in [0.717, 1.165) is 33.9 Å². The molecule has 2 heterocycles. The van der Waals surface area contributed by atoms with E-state index in [1.54, 1.807) is 17.5 Å². The highest BCUT2D eigenvalue weighted by Gasteiger charge is 2.25. The summed E-state index contributed by atoms with van der Waals surface area (Å²) in [5.41, 5.74) is 2.40. The van der Waals surface area contributed by atoms with Gasteiger partial charge in [-0.25, -0.2) is 13.4 Å². The Labute approximate surface area is 166 Å². The van der Waals surface area contributed by atoms with Crippen LogP contribution in [0.15, 0.2) is 40.6 Å². The summed E-state index contributed by atoms with van der Waals surface area (Å²) in [5, 5.41) is 4.77. The van der Waals surface area contributed by atoms with Crippen LogP contribution in [-0.4, -0.2) is 19.3 Å². The van der Waals surface area contributed by atoms with E-state index in [2.05, 4.69) is 15.0 Å². The lowest BCUT2D eigenvalue weighted by atomic mass is 10.2. The Balaban J connectivity index is 1.83. The number of hydrogen-bond acceptors (Lipinski definition) is 6. The number of nitrogens with one attached hydrogen (secondary N) is 2. The Bertz CT molecular complexity index is 1070. The summed E-state index contributed by atoms with van der Waals surface area (Å²) in [7, 11) is -3.88. The van der Waals surface area contributed by atoms with Crippen molar-refractivity contribution in [3.05, 3.63) is 56.7 Å². The Kier molecular flexibility index (Phi) is 5.64. The van der Waals surface area contributed by atoms with Crippen molar-refractivity contribution in [3.63, 3.8) is 0 Å². The molecule has 0 unspecified atom stereocenters. The van der Waals surface area contributed by atoms with Crippen molar-refractivity contribution in [1.29, 1.82) is 0 Å². The van der Waals surface area contributed by atoms with Crippen LogP contribution in [0.3, 0.4) is 0 Å². The lowest BCUT2D eigenvalue weighted by Crippen LogP contribution is -2.18. The second kappa shape index (κ2) is 7.79. The Morgan fingerprint density at radius 2 is 1.85 bits per heavy atom. The van der Waals surface area contributed by atoms with Gasteiger partial charge >= 0.3 is 0 Å². The number of nitrogens with zero attached hydrogens (tertiary/aromatic N) is 1. The van der Waals surface area contributed by atoms with Gasteiger partial charge in [0.25, 0.3) is 15.9 Å². The third-order valence-corrected chi connectivity index (χ3v) is 7.27. The number of thiazole rings is 1. The number of benzene rings is 1. The first-order chi connectivity index (χ1) is 12.8. The first-order valence-corrected chi connectivity index (χ1v) is 11.4. The van der Waals surface area contributed by atoms with E-state index in [-0.39, 0.29) is 9.77 Å². The first-order valence-electron chi connectivity index (χ1n) is 8.25. The van der Waals surface area contributed by atoms with Gasteiger partial charge in [0.05, 0.1) is 5.69 Å². The number of thiophene rings is 1. The van der Waals surface area contributed by atoms with Crippen molar-refractivity contribution in [1.82, 2.24) is 4.98 Å². The van der Waals surface area contributed by atoms with Crippen LogP contribution in [0, 0.1) is 13.8 Å². The number of hydrogen-bond donors (Lipinski definition) is 2. The quantitative estimate of drug-likeness (QED) is 0.616. The maximum atomic E-state index is 12.7. The van der Waals surface area contributed by atoms with Crippen LogP contribution in [0.2, 0.25) is 0 Å². The standard InChI is InChI=1S/C18H19N3O3S3/c1-4-14-12(3)26-18(19-14)20-17(22)16-15(9-10-25-16)27(23,24)21-13-7-5-11(2)6-8-13/h5-10,21H,4H2,1-3H3,(H,19,20,22). The maximum absolute atomic E-state index is 12.7. The van der Waals surface area contributed by atoms with Crippen molar-refractivity contribution >= 4 is 49.4 Å². The molecule has 0 atom stereocenters. The van der Waals surface area contributed by atoms with Gasteiger partial charge in [-0.2, -0.15) is 0 Å². The van der Waals surface area contributed by atoms with Crippen molar-refractivity contribution < 1.29 is 13.2 Å². The van der Waals surface area contributed by atoms with Gasteiger partial charge in [-0.05, 0) is 43.8 Å². The van der Waals surface area contributed by atoms with Crippen LogP contribution < -0.4 is 10.0 Å². The van der Waals surface area contributed by atoms with Crippen LogP contribution in [0.1, 0.15) is 32.7 Å². The minimum absolute atomic E-state index is 0.0467. The summed E-state index contributed by atoms with van der Waals surface area (Å²) in [4.78, 5) is 18.1. The average molecular weight is 422 g/mol. The van der Waals surface area contributed by atoms with Crippen LogP contribution >= 0.6 is 22.7 Å². The molecule has 142 valence electrons. The highest BCUT2D eigenvalue weighted by atomic mass is 32.2. The Hall–Kier alpha value is -2.23. The largest absolute Gasteiger partial charge is 0.297 e. The Morgan fingerprint density at radius 3 is 2.48 bits per heavy atom. The second-order valence-corrected chi connectivity index (χ2v) is 9.69. The summed E-state index contributed by atoms with van der Waals surface area (Å²) in [6.07, 6.45) is 0.775. The molecule has 1 amide bonds. The van der Waals surface area contributed by atoms with Gasteiger partial charge in [-0.1, -0.05) is 24.6 Å². The summed E-state index contributed by atoms with van der Waals surface area (Å²) in [6.45, 7) is 5.86. The van der Waals surface area contributed by atoms with E-state index in [1.807, 2.05) is 32.9 Å². The second-order valence-electron chi connectivity index (χ2n) is 5.92. The minimum atomic E-state index is -3.88. The van der Waals surface area contributed by atoms with Crippen LogP contribution in [0.5, 0.6) is 0 Å². The molecule has 0 saturated carbocycles. The molecule has 0 radical (unpaired) electrons. The van der Waals surface area contributed by atoms with Gasteiger partial charge in [0.1, 0.15) is 9.77 Å². The molecule has 6 nitrogen and oxygen atoms in total. The van der Waals surface area contributed by atoms with E-state index in [1.165, 1.54) is 17.4 Å². The summed E-state index contributed by atoms with van der Waals surface area (Å²) in [6, 6.07) is 8.43. The van der Waals surface area contributed by atoms with Crippen molar-refractivity contribution in [3.8, 4) is 0 Å². The molecule has 27 heavy (non-hydrogen) atoms. The van der Waals surface area contributed by atoms with Crippen LogP contribution in [0.25, 0.3) is 0 Å². The number of sulfonamides is 1. The predicted molar refractivity (Wildman–Crippen MR) is 110 cm³/mol. The highest BCUT2D eigenvalue weighted by molar-refractivity contribution is 7.93. The third-order valence-electron chi connectivity index (χ3n) is 3.88. The molecule has 0 aliphatic rings. The summed E-state index contributed by atoms with van der Waals surface area (Å²) in [5.74, 6) is -0.481. The normalized spacial score (nSPS) is 11.4. The molecule has 2 N–H and O–H groups in total. The smallest absolute Gasteiger partial charge is 0.268 e. The number of amides is 1. The van der Waals surface area contributed by atoms with Crippen molar-refractivity contribution in [2.45, 2.75) is 32.1 Å². The van der Waals surface area contributed by atoms with Crippen molar-refractivity contribution in [2.75, 3.05) is 10.0 Å². The molecular weight excluding hydrogens is 402 g/mol. The van der Waals surface area contributed by atoms with Crippen molar-refractivity contribution in [2.24, 2.45) is 0 Å². The van der Waals surface area contributed by atoms with E-state index < -0.39 is 15.9 Å². The number of aromatic nitrogens is 1. The average Bonchev–Trinajstić information content (AvgIpc) is 3.24. The van der Waals surface area contributed by atoms with E-state index >= 15 is 0 Å². The molecule has 9 heteroatoms. The molecule has 3 rings (SSSR count). The van der Waals surface area contributed by atoms with Crippen LogP contribution in [-0.2, 0) is 16.4 Å². The van der Waals surface area contributed by atoms with Gasteiger partial charge in [0, 0.05) is 10.6 Å². The molecule has 0 bridgehead atoms. The topological polar surface area (TPSA) is 88.2 Å². The zero-order valence-corrected chi connectivity index (χ0v) is 17.5. The Morgan fingerprint density at radius 1 is 1.15 bits per heavy atom. The number of rotatable bonds is 6. The number of carbonyl (C=O) groups is 1. The van der Waals surface area contributed by atoms with E-state index in [9.17, 15) is 13.2 Å². The van der Waals surface area contributed by atoms with Gasteiger partial charge in [-0.3, -0.25) is 14.8 Å². The molecule has 0 aliphatic heterocycles. The van der Waals surface area contributed by atoms with Gasteiger partial charge in [-0.15, -0.1) is 22.7 Å². The lowest BCUT2D eigenvalue weighted by Gasteiger charge is -2.09. The fraction of sp³-hybridized carbons (Fsp3) is 0.222. The number of anilines is 2. The molecule has 0 aliphatic carbocycles. The minimum Gasteiger partial charge on any atom is -0.297 e. The van der Waals surface area contributed by atoms with E-state index in [4.69, 9.17) is 0 Å². The summed E-state index contributed by atoms with van der Waals surface area (Å²) >= 11 is 2.46. The monoisotopic (exact) mass is 421 g/mol. The zero-order chi connectivity index (χ0) is 19.6. The molecule has 2 aromatic heterocycles. The third kappa shape index (κ3) is 4.37. The molecular formula is C18H19N3O3S3. The number of carbonyl (C=O) groups excluding carboxylic acids is 1. The number of aryl methyl sites for hydroxylation is 3. The highest BCUT2D eigenvalue weighted by Crippen LogP contribution is 2.27.